The number of amides is 1. The van der Waals surface area contributed by atoms with Gasteiger partial charge in [0, 0.05) is 57.3 Å². The molecule has 2 saturated heterocycles. The van der Waals surface area contributed by atoms with E-state index in [1.165, 1.54) is 6.20 Å². The van der Waals surface area contributed by atoms with Crippen LogP contribution in [-0.4, -0.2) is 82.3 Å². The summed E-state index contributed by atoms with van der Waals surface area (Å²) in [6.45, 7) is 6.68. The molecule has 0 bridgehead atoms. The van der Waals surface area contributed by atoms with Gasteiger partial charge in [0.05, 0.1) is 25.0 Å². The molecule has 0 radical (unpaired) electrons. The topological polar surface area (TPSA) is 73.6 Å². The van der Waals surface area contributed by atoms with E-state index in [1.807, 2.05) is 24.3 Å². The third-order valence-electron chi connectivity index (χ3n) is 7.36. The largest absolute Gasteiger partial charge is 0.355 e. The average Bonchev–Trinajstić information content (AvgIpc) is 3.10. The average molecular weight is 511 g/mol. The second kappa shape index (κ2) is 8.41. The molecular weight excluding hydrogens is 483 g/mol. The van der Waals surface area contributed by atoms with Crippen LogP contribution in [-0.2, 0) is 17.9 Å². The molecule has 5 heterocycles. The highest BCUT2D eigenvalue weighted by Crippen LogP contribution is 2.44. The maximum atomic E-state index is 13.6. The van der Waals surface area contributed by atoms with Crippen molar-refractivity contribution in [2.24, 2.45) is 5.41 Å². The van der Waals surface area contributed by atoms with Crippen molar-refractivity contribution in [3.05, 3.63) is 58.3 Å². The van der Waals surface area contributed by atoms with E-state index in [4.69, 9.17) is 11.6 Å². The van der Waals surface area contributed by atoms with Crippen LogP contribution in [0.2, 0.25) is 5.02 Å². The fourth-order valence-electron chi connectivity index (χ4n) is 5.43. The van der Waals surface area contributed by atoms with Gasteiger partial charge in [-0.05, 0) is 42.3 Å². The zero-order valence-corrected chi connectivity index (χ0v) is 21.3. The Bertz CT molecular complexity index is 1340. The van der Waals surface area contributed by atoms with Crippen molar-refractivity contribution in [2.45, 2.75) is 20.0 Å². The SMILES string of the molecule is Cc1cc(N2CC3(C2)CN(c2nnc4n2-c2ccc(Cl)cc2CN(CC(=O)N(C)C)C4)C3)ncc1F. The van der Waals surface area contributed by atoms with Gasteiger partial charge in [0.15, 0.2) is 5.82 Å². The van der Waals surface area contributed by atoms with Crippen LogP contribution in [0.1, 0.15) is 17.0 Å². The van der Waals surface area contributed by atoms with E-state index in [0.29, 0.717) is 30.2 Å². The zero-order chi connectivity index (χ0) is 25.2. The minimum Gasteiger partial charge on any atom is -0.355 e. The van der Waals surface area contributed by atoms with Crippen molar-refractivity contribution in [1.82, 2.24) is 29.5 Å². The lowest BCUT2D eigenvalue weighted by atomic mass is 9.73. The highest BCUT2D eigenvalue weighted by molar-refractivity contribution is 6.30. The Hall–Kier alpha value is -3.24. The van der Waals surface area contributed by atoms with Crippen LogP contribution in [0, 0.1) is 18.2 Å². The monoisotopic (exact) mass is 510 g/mol. The molecule has 0 saturated carbocycles. The predicted octanol–water partition coefficient (Wildman–Crippen LogP) is 2.49. The van der Waals surface area contributed by atoms with Crippen molar-refractivity contribution in [1.29, 1.82) is 0 Å². The number of likely N-dealkylation sites (N-methyl/N-ethyl adjacent to an activating group) is 1. The van der Waals surface area contributed by atoms with Crippen LogP contribution in [0.3, 0.4) is 0 Å². The Kier molecular flexibility index (Phi) is 5.42. The molecule has 3 aromatic rings. The lowest BCUT2D eigenvalue weighted by Gasteiger charge is -2.60. The van der Waals surface area contributed by atoms with Gasteiger partial charge in [0.25, 0.3) is 0 Å². The number of rotatable bonds is 4. The van der Waals surface area contributed by atoms with Gasteiger partial charge in [-0.3, -0.25) is 14.3 Å². The van der Waals surface area contributed by atoms with E-state index in [-0.39, 0.29) is 17.1 Å². The number of anilines is 2. The summed E-state index contributed by atoms with van der Waals surface area (Å²) in [4.78, 5) is 24.8. The second-order valence-electron chi connectivity index (χ2n) is 10.5. The number of aromatic nitrogens is 4. The summed E-state index contributed by atoms with van der Waals surface area (Å²) >= 11 is 6.35. The van der Waals surface area contributed by atoms with Crippen LogP contribution in [0.15, 0.2) is 30.5 Å². The quantitative estimate of drug-likeness (QED) is 0.534. The molecule has 1 aromatic carbocycles. The number of hydrogen-bond acceptors (Lipinski definition) is 7. The molecule has 1 amide bonds. The Morgan fingerprint density at radius 1 is 1.11 bits per heavy atom. The van der Waals surface area contributed by atoms with Crippen molar-refractivity contribution in [3.8, 4) is 5.69 Å². The molecule has 188 valence electrons. The van der Waals surface area contributed by atoms with E-state index < -0.39 is 0 Å². The molecular formula is C25H28ClFN8O. The molecule has 11 heteroatoms. The Morgan fingerprint density at radius 3 is 2.58 bits per heavy atom. The molecule has 1 spiro atoms. The van der Waals surface area contributed by atoms with Crippen molar-refractivity contribution >= 4 is 29.3 Å². The van der Waals surface area contributed by atoms with Crippen LogP contribution < -0.4 is 9.80 Å². The highest BCUT2D eigenvalue weighted by atomic mass is 35.5. The lowest BCUT2D eigenvalue weighted by Crippen LogP contribution is -2.73. The fourth-order valence-corrected chi connectivity index (χ4v) is 5.62. The Morgan fingerprint density at radius 2 is 1.86 bits per heavy atom. The molecule has 6 rings (SSSR count). The standard InChI is InChI=1S/C25H28ClFN8O/c1-16-6-21(28-8-19(16)27)33-12-25(13-33)14-34(15-25)24-30-29-22-10-32(11-23(36)31(2)3)9-17-7-18(26)4-5-20(17)35(22)24/h4-8H,9-15H2,1-3H3. The normalized spacial score (nSPS) is 18.2. The summed E-state index contributed by atoms with van der Waals surface area (Å²) in [5.41, 5.74) is 2.82. The van der Waals surface area contributed by atoms with E-state index >= 15 is 0 Å². The van der Waals surface area contributed by atoms with Crippen LogP contribution in [0.25, 0.3) is 5.69 Å². The van der Waals surface area contributed by atoms with Crippen molar-refractivity contribution in [2.75, 3.05) is 56.6 Å². The maximum Gasteiger partial charge on any atom is 0.236 e. The first-order valence-electron chi connectivity index (χ1n) is 12.0. The molecule has 2 aromatic heterocycles. The van der Waals surface area contributed by atoms with Gasteiger partial charge in [0.1, 0.15) is 11.6 Å². The number of pyridine rings is 1. The first kappa shape index (κ1) is 23.2. The molecule has 0 N–H and O–H groups in total. The number of benzene rings is 1. The number of hydrogen-bond donors (Lipinski definition) is 0. The number of carbonyl (C=O) groups excluding carboxylic acids is 1. The summed E-state index contributed by atoms with van der Waals surface area (Å²) < 4.78 is 15.7. The molecule has 2 fully saturated rings. The van der Waals surface area contributed by atoms with Gasteiger partial charge >= 0.3 is 0 Å². The molecule has 0 unspecified atom stereocenters. The summed E-state index contributed by atoms with van der Waals surface area (Å²) in [6, 6.07) is 7.66. The fraction of sp³-hybridized carbons (Fsp3) is 0.440. The third kappa shape index (κ3) is 3.88. The molecule has 0 atom stereocenters. The highest BCUT2D eigenvalue weighted by Gasteiger charge is 2.53. The molecule has 0 aliphatic carbocycles. The van der Waals surface area contributed by atoms with Gasteiger partial charge in [-0.15, -0.1) is 10.2 Å². The second-order valence-corrected chi connectivity index (χ2v) is 10.9. The van der Waals surface area contributed by atoms with Crippen molar-refractivity contribution in [3.63, 3.8) is 0 Å². The van der Waals surface area contributed by atoms with Gasteiger partial charge in [0.2, 0.25) is 11.9 Å². The maximum absolute atomic E-state index is 13.6. The summed E-state index contributed by atoms with van der Waals surface area (Å²) in [5, 5.41) is 9.76. The number of nitrogens with zero attached hydrogens (tertiary/aromatic N) is 8. The Labute approximate surface area is 214 Å². The summed E-state index contributed by atoms with van der Waals surface area (Å²) in [6.07, 6.45) is 1.30. The van der Waals surface area contributed by atoms with Gasteiger partial charge < -0.3 is 14.7 Å². The van der Waals surface area contributed by atoms with Crippen LogP contribution >= 0.6 is 11.6 Å². The zero-order valence-electron chi connectivity index (χ0n) is 20.6. The van der Waals surface area contributed by atoms with E-state index in [0.717, 1.165) is 55.0 Å². The van der Waals surface area contributed by atoms with E-state index in [2.05, 4.69) is 34.4 Å². The Balaban J connectivity index is 1.22. The summed E-state index contributed by atoms with van der Waals surface area (Å²) in [5.74, 6) is 2.21. The molecule has 3 aliphatic heterocycles. The van der Waals surface area contributed by atoms with Gasteiger partial charge in [-0.2, -0.15) is 0 Å². The van der Waals surface area contributed by atoms with Gasteiger partial charge in [-0.1, -0.05) is 11.6 Å². The number of aryl methyl sites for hydroxylation is 1. The number of fused-ring (bicyclic) bond motifs is 3. The molecule has 9 nitrogen and oxygen atoms in total. The van der Waals surface area contributed by atoms with Gasteiger partial charge in [-0.25, -0.2) is 9.37 Å². The first-order valence-corrected chi connectivity index (χ1v) is 12.4. The molecule has 36 heavy (non-hydrogen) atoms. The minimum atomic E-state index is -0.275. The van der Waals surface area contributed by atoms with Crippen LogP contribution in [0.5, 0.6) is 0 Å². The first-order chi connectivity index (χ1) is 17.2. The number of carbonyl (C=O) groups is 1. The molecule has 3 aliphatic rings. The lowest BCUT2D eigenvalue weighted by molar-refractivity contribution is -0.130. The van der Waals surface area contributed by atoms with Crippen LogP contribution in [0.4, 0.5) is 16.2 Å². The summed E-state index contributed by atoms with van der Waals surface area (Å²) in [7, 11) is 3.53. The minimum absolute atomic E-state index is 0.0387. The smallest absolute Gasteiger partial charge is 0.236 e. The van der Waals surface area contributed by atoms with E-state index in [9.17, 15) is 9.18 Å². The third-order valence-corrected chi connectivity index (χ3v) is 7.59. The van der Waals surface area contributed by atoms with Crippen molar-refractivity contribution < 1.29 is 9.18 Å². The number of halogens is 2. The predicted molar refractivity (Wildman–Crippen MR) is 135 cm³/mol. The van der Waals surface area contributed by atoms with E-state index in [1.54, 1.807) is 25.9 Å².